The molecule has 0 saturated carbocycles. The topological polar surface area (TPSA) is 444 Å². The number of amides is 8. The second kappa shape index (κ2) is 41.4. The number of alkyl carbamates (subject to hydrolysis) is 1. The summed E-state index contributed by atoms with van der Waals surface area (Å²) in [5.74, 6) is -10.6. The van der Waals surface area contributed by atoms with Crippen LogP contribution in [0.4, 0.5) is 4.79 Å². The molecule has 0 radical (unpaired) electrons. The molecule has 0 heterocycles. The van der Waals surface area contributed by atoms with Crippen molar-refractivity contribution in [3.63, 3.8) is 0 Å². The van der Waals surface area contributed by atoms with Crippen LogP contribution in [0.3, 0.4) is 0 Å². The summed E-state index contributed by atoms with van der Waals surface area (Å²) in [6, 6.07) is 6.46. The molecule has 0 aromatic heterocycles. The van der Waals surface area contributed by atoms with E-state index in [1.165, 1.54) is 40.4 Å². The van der Waals surface area contributed by atoms with Gasteiger partial charge < -0.3 is 90.9 Å². The zero-order chi connectivity index (χ0) is 67.3. The van der Waals surface area contributed by atoms with Crippen LogP contribution in [0.25, 0.3) is 11.1 Å². The molecule has 0 aliphatic heterocycles. The van der Waals surface area contributed by atoms with Crippen molar-refractivity contribution >= 4 is 83.3 Å². The molecule has 0 spiro atoms. The lowest BCUT2D eigenvalue weighted by Crippen LogP contribution is -2.56. The maximum absolute atomic E-state index is 13.1. The molecule has 1 aliphatic carbocycles. The summed E-state index contributed by atoms with van der Waals surface area (Å²) in [4.78, 5) is 173. The van der Waals surface area contributed by atoms with E-state index in [9.17, 15) is 67.1 Å². The summed E-state index contributed by atoms with van der Waals surface area (Å²) in [5.41, 5.74) is 9.62. The Morgan fingerprint density at radius 1 is 0.489 bits per heavy atom. The number of esters is 6. The number of methoxy groups -OCH3 is 6. The Bertz CT molecular complexity index is 2810. The van der Waals surface area contributed by atoms with Gasteiger partial charge in [-0.25, -0.2) is 14.4 Å². The first-order valence-electron chi connectivity index (χ1n) is 27.6. The van der Waals surface area contributed by atoms with E-state index in [1.807, 2.05) is 48.5 Å². The molecule has 1 aliphatic rings. The lowest BCUT2D eigenvalue weighted by Gasteiger charge is -2.23. The SMILES string of the molecule is C=CCOC(=O)C(CCC(=O)OC)NC(=O)C(COC)NC(=O)CNC(=O)C(CC(=O)OC)NC(=O)C(C)NC(=O)OCC1c2ccccc2-c2ccccc21.C=CCOC(=O)C(CCC(=O)OC)NC(=O)C(COC)NC(=O)CNC(=O)C(N)CC(=O)OC. The summed E-state index contributed by atoms with van der Waals surface area (Å²) in [6.07, 6.45) is 0.0430. The number of rotatable bonds is 37. The molecule has 3 rings (SSSR count). The maximum atomic E-state index is 13.1. The lowest BCUT2D eigenvalue weighted by atomic mass is 9.98. The Balaban J connectivity index is 0.000000696. The Labute approximate surface area is 518 Å². The fourth-order valence-corrected chi connectivity index (χ4v) is 8.03. The Kier molecular flexibility index (Phi) is 35.0. The molecule has 10 N–H and O–H groups in total. The van der Waals surface area contributed by atoms with Crippen molar-refractivity contribution < 1.29 is 110 Å². The number of benzene rings is 2. The minimum Gasteiger partial charge on any atom is -0.469 e. The van der Waals surface area contributed by atoms with Gasteiger partial charge in [-0.2, -0.15) is 0 Å². The molecule has 0 bridgehead atoms. The van der Waals surface area contributed by atoms with Gasteiger partial charge in [-0.15, -0.1) is 0 Å². The third kappa shape index (κ3) is 27.1. The van der Waals surface area contributed by atoms with Gasteiger partial charge in [-0.3, -0.25) is 52.7 Å². The van der Waals surface area contributed by atoms with Crippen molar-refractivity contribution in [2.75, 3.05) is 88.8 Å². The highest BCUT2D eigenvalue weighted by Gasteiger charge is 2.34. The number of nitrogens with one attached hydrogen (secondary N) is 8. The van der Waals surface area contributed by atoms with Gasteiger partial charge in [0.25, 0.3) is 0 Å². The van der Waals surface area contributed by atoms with E-state index in [-0.39, 0.29) is 71.1 Å². The summed E-state index contributed by atoms with van der Waals surface area (Å²) < 4.78 is 43.5. The Hall–Kier alpha value is -9.82. The number of hydrogen-bond acceptors (Lipinski definition) is 24. The van der Waals surface area contributed by atoms with Crippen molar-refractivity contribution in [2.24, 2.45) is 5.73 Å². The highest BCUT2D eigenvalue weighted by atomic mass is 16.6. The van der Waals surface area contributed by atoms with Crippen LogP contribution in [0.5, 0.6) is 0 Å². The fraction of sp³-hybridized carbons (Fsp3) is 0.483. The van der Waals surface area contributed by atoms with E-state index in [0.29, 0.717) is 0 Å². The van der Waals surface area contributed by atoms with E-state index in [0.717, 1.165) is 43.6 Å². The number of nitrogens with two attached hydrogens (primary N) is 1. The van der Waals surface area contributed by atoms with Gasteiger partial charge in [-0.05, 0) is 42.0 Å². The van der Waals surface area contributed by atoms with Gasteiger partial charge in [0, 0.05) is 33.0 Å². The summed E-state index contributed by atoms with van der Waals surface area (Å²) in [7, 11) is 7.09. The Morgan fingerprint density at radius 2 is 0.900 bits per heavy atom. The molecule has 0 saturated heterocycles. The quantitative estimate of drug-likeness (QED) is 0.0195. The molecule has 8 amide bonds. The first kappa shape index (κ1) is 76.3. The second-order valence-electron chi connectivity index (χ2n) is 19.2. The average Bonchev–Trinajstić information content (AvgIpc) is 1.74. The van der Waals surface area contributed by atoms with Crippen molar-refractivity contribution in [1.82, 2.24) is 42.5 Å². The minimum atomic E-state index is -1.54. The van der Waals surface area contributed by atoms with Crippen LogP contribution >= 0.6 is 0 Å². The van der Waals surface area contributed by atoms with Crippen LogP contribution in [-0.2, 0) is 105 Å². The molecule has 90 heavy (non-hydrogen) atoms. The van der Waals surface area contributed by atoms with E-state index < -0.39 is 145 Å². The predicted molar refractivity (Wildman–Crippen MR) is 313 cm³/mol. The summed E-state index contributed by atoms with van der Waals surface area (Å²) in [5, 5.41) is 18.8. The monoisotopic (exact) mass is 1270 g/mol. The minimum absolute atomic E-state index is 0.00518. The average molecular weight is 1270 g/mol. The lowest BCUT2D eigenvalue weighted by molar-refractivity contribution is -0.149. The van der Waals surface area contributed by atoms with Gasteiger partial charge in [0.2, 0.25) is 41.4 Å². The summed E-state index contributed by atoms with van der Waals surface area (Å²) >= 11 is 0. The number of carbonyl (C=O) groups excluding carboxylic acids is 14. The highest BCUT2D eigenvalue weighted by molar-refractivity contribution is 5.97. The van der Waals surface area contributed by atoms with Crippen LogP contribution in [0.2, 0.25) is 0 Å². The summed E-state index contributed by atoms with van der Waals surface area (Å²) in [6.45, 7) is 6.05. The second-order valence-corrected chi connectivity index (χ2v) is 19.2. The largest absolute Gasteiger partial charge is 0.469 e. The van der Waals surface area contributed by atoms with Crippen LogP contribution < -0.4 is 48.3 Å². The van der Waals surface area contributed by atoms with Gasteiger partial charge in [0.15, 0.2) is 0 Å². The third-order valence-corrected chi connectivity index (χ3v) is 12.7. The molecular formula is C58H79N9O23. The third-order valence-electron chi connectivity index (χ3n) is 12.7. The van der Waals surface area contributed by atoms with Crippen molar-refractivity contribution in [3.05, 3.63) is 85.0 Å². The number of carbonyl (C=O) groups is 14. The van der Waals surface area contributed by atoms with Gasteiger partial charge >= 0.3 is 41.9 Å². The molecule has 2 aromatic rings. The van der Waals surface area contributed by atoms with Crippen molar-refractivity contribution in [2.45, 2.75) is 93.7 Å². The molecule has 7 unspecified atom stereocenters. The number of ether oxygens (including phenoxy) is 9. The predicted octanol–water partition coefficient (Wildman–Crippen LogP) is -2.33. The van der Waals surface area contributed by atoms with Crippen molar-refractivity contribution in [3.8, 4) is 11.1 Å². The standard InChI is InChI=1S/C38H47N5O13.C20H32N4O10/c1-6-17-55-37(50)28(15-16-32(45)53-4)42-36(49)30(21-52-3)41-31(44)19-39-35(48)29(18-33(46)54-5)43-34(47)22(2)40-38(51)56-20-27-25-13-9-7-11-23(25)24-12-8-10-14-26(24)27;1-5-8-34-20(30)13(6-7-16(26)32-3)24-19(29)14(11-31-2)23-15(25)10-22-18(28)12(21)9-17(27)33-4/h6-14,22,27-30H,1,15-21H2,2-5H3,(H,39,48)(H,40,51)(H,41,44)(H,42,49)(H,43,47);5,12-14H,1,6-11,21H2,2-4H3,(H,22,28)(H,23,25)(H,24,29). The molecule has 2 aromatic carbocycles. The normalized spacial score (nSPS) is 13.2. The number of fused-ring (bicyclic) bond motifs is 3. The van der Waals surface area contributed by atoms with E-state index in [2.05, 4.69) is 74.6 Å². The van der Waals surface area contributed by atoms with Crippen LogP contribution in [0.15, 0.2) is 73.8 Å². The number of hydrogen-bond donors (Lipinski definition) is 9. The zero-order valence-corrected chi connectivity index (χ0v) is 51.0. The maximum Gasteiger partial charge on any atom is 0.407 e. The first-order valence-corrected chi connectivity index (χ1v) is 27.6. The first-order chi connectivity index (χ1) is 42.9. The van der Waals surface area contributed by atoms with Gasteiger partial charge in [0.1, 0.15) is 56.1 Å². The van der Waals surface area contributed by atoms with Crippen LogP contribution in [-0.4, -0.2) is 214 Å². The smallest absolute Gasteiger partial charge is 0.407 e. The van der Waals surface area contributed by atoms with Gasteiger partial charge in [0.05, 0.1) is 73.6 Å². The molecule has 7 atom stereocenters. The van der Waals surface area contributed by atoms with Crippen LogP contribution in [0.1, 0.15) is 62.5 Å². The van der Waals surface area contributed by atoms with E-state index in [1.54, 1.807) is 0 Å². The zero-order valence-electron chi connectivity index (χ0n) is 51.0. The Morgan fingerprint density at radius 3 is 1.32 bits per heavy atom. The molecule has 32 heteroatoms. The molecular weight excluding hydrogens is 1190 g/mol. The van der Waals surface area contributed by atoms with Crippen LogP contribution in [0, 0.1) is 0 Å². The van der Waals surface area contributed by atoms with Crippen molar-refractivity contribution in [1.29, 1.82) is 0 Å². The highest BCUT2D eigenvalue weighted by Crippen LogP contribution is 2.44. The molecule has 32 nitrogen and oxygen atoms in total. The molecule has 494 valence electrons. The molecule has 0 fully saturated rings. The van der Waals surface area contributed by atoms with E-state index in [4.69, 9.17) is 29.4 Å². The van der Waals surface area contributed by atoms with Gasteiger partial charge in [-0.1, -0.05) is 73.8 Å². The van der Waals surface area contributed by atoms with E-state index >= 15 is 0 Å². The fourth-order valence-electron chi connectivity index (χ4n) is 8.03.